The molecule has 0 saturated heterocycles. The van der Waals surface area contributed by atoms with Crippen LogP contribution >= 0.6 is 0 Å². The molecule has 15 heavy (non-hydrogen) atoms. The van der Waals surface area contributed by atoms with Crippen LogP contribution in [0.15, 0.2) is 24.4 Å². The normalized spacial score (nSPS) is 10.2. The Hall–Kier alpha value is -2.17. The van der Waals surface area contributed by atoms with E-state index in [1.165, 1.54) is 0 Å². The van der Waals surface area contributed by atoms with Gasteiger partial charge in [-0.15, -0.1) is 0 Å². The molecule has 76 valence electrons. The molecule has 0 radical (unpaired) electrons. The number of nitrogens with zero attached hydrogens (tertiary/aromatic N) is 2. The molecule has 0 bridgehead atoms. The number of amides is 1. The highest BCUT2D eigenvalue weighted by Crippen LogP contribution is 2.19. The van der Waals surface area contributed by atoms with Crippen molar-refractivity contribution in [2.75, 3.05) is 0 Å². The van der Waals surface area contributed by atoms with Crippen molar-refractivity contribution in [3.05, 3.63) is 35.8 Å². The van der Waals surface area contributed by atoms with Crippen LogP contribution in [0.25, 0.3) is 11.3 Å². The van der Waals surface area contributed by atoms with Crippen LogP contribution < -0.4 is 5.73 Å². The predicted molar refractivity (Wildman–Crippen MR) is 55.1 cm³/mol. The lowest BCUT2D eigenvalue weighted by molar-refractivity contribution is 0.0996. The summed E-state index contributed by atoms with van der Waals surface area (Å²) in [6.07, 6.45) is 1.54. The quantitative estimate of drug-likeness (QED) is 0.758. The molecule has 1 amide bonds. The number of primary amides is 1. The van der Waals surface area contributed by atoms with Crippen molar-refractivity contribution in [2.45, 2.75) is 6.92 Å². The van der Waals surface area contributed by atoms with Gasteiger partial charge in [-0.1, -0.05) is 6.07 Å². The van der Waals surface area contributed by atoms with Gasteiger partial charge in [0.25, 0.3) is 5.91 Å². The van der Waals surface area contributed by atoms with E-state index in [4.69, 9.17) is 5.73 Å². The van der Waals surface area contributed by atoms with E-state index in [0.717, 1.165) is 5.69 Å². The van der Waals surface area contributed by atoms with E-state index in [0.29, 0.717) is 11.3 Å². The molecule has 0 aliphatic carbocycles. The molecule has 0 atom stereocenters. The number of aryl methyl sites for hydroxylation is 1. The minimum atomic E-state index is -0.536. The summed E-state index contributed by atoms with van der Waals surface area (Å²) >= 11 is 0. The Morgan fingerprint density at radius 1 is 1.47 bits per heavy atom. The van der Waals surface area contributed by atoms with Gasteiger partial charge in [-0.3, -0.25) is 14.9 Å². The second-order valence-corrected chi connectivity index (χ2v) is 3.19. The number of rotatable bonds is 2. The number of carbonyl (C=O) groups excluding carboxylic acids is 1. The zero-order valence-electron chi connectivity index (χ0n) is 8.19. The van der Waals surface area contributed by atoms with Crippen molar-refractivity contribution < 1.29 is 4.79 Å². The first-order chi connectivity index (χ1) is 7.18. The van der Waals surface area contributed by atoms with Crippen LogP contribution in [0, 0.1) is 6.92 Å². The summed E-state index contributed by atoms with van der Waals surface area (Å²) in [5, 5.41) is 6.34. The lowest BCUT2D eigenvalue weighted by Gasteiger charge is -2.00. The fourth-order valence-corrected chi connectivity index (χ4v) is 1.36. The van der Waals surface area contributed by atoms with Gasteiger partial charge >= 0.3 is 0 Å². The van der Waals surface area contributed by atoms with E-state index in [2.05, 4.69) is 15.2 Å². The molecule has 0 aliphatic heterocycles. The second kappa shape index (κ2) is 3.53. The van der Waals surface area contributed by atoms with Crippen molar-refractivity contribution in [1.82, 2.24) is 15.2 Å². The van der Waals surface area contributed by atoms with Crippen LogP contribution in [0.1, 0.15) is 16.2 Å². The van der Waals surface area contributed by atoms with E-state index in [1.807, 2.05) is 25.1 Å². The summed E-state index contributed by atoms with van der Waals surface area (Å²) in [6.45, 7) is 1.88. The Morgan fingerprint density at radius 2 is 2.27 bits per heavy atom. The molecule has 0 aliphatic rings. The first kappa shape index (κ1) is 9.39. The highest BCUT2D eigenvalue weighted by atomic mass is 16.1. The molecular formula is C10H10N4O. The molecule has 5 heteroatoms. The van der Waals surface area contributed by atoms with Gasteiger partial charge in [0.1, 0.15) is 5.69 Å². The number of pyridine rings is 1. The first-order valence-electron chi connectivity index (χ1n) is 4.45. The third kappa shape index (κ3) is 1.71. The fourth-order valence-electron chi connectivity index (χ4n) is 1.36. The van der Waals surface area contributed by atoms with Crippen molar-refractivity contribution >= 4 is 5.91 Å². The number of H-pyrrole nitrogens is 1. The van der Waals surface area contributed by atoms with Gasteiger partial charge in [0.15, 0.2) is 0 Å². The highest BCUT2D eigenvalue weighted by Gasteiger charge is 2.12. The smallest absolute Gasteiger partial charge is 0.267 e. The topological polar surface area (TPSA) is 84.7 Å². The summed E-state index contributed by atoms with van der Waals surface area (Å²) in [7, 11) is 0. The summed E-state index contributed by atoms with van der Waals surface area (Å²) < 4.78 is 0. The Bertz CT molecular complexity index is 504. The highest BCUT2D eigenvalue weighted by molar-refractivity contribution is 5.97. The van der Waals surface area contributed by atoms with E-state index >= 15 is 0 Å². The third-order valence-corrected chi connectivity index (χ3v) is 2.05. The standard InChI is InChI=1S/C10H10N4O/c1-6-3-2-4-8(13-6)7-5-12-14-9(7)10(11)15/h2-5H,1H3,(H2,11,15)(H,12,14). The fraction of sp³-hybridized carbons (Fsp3) is 0.100. The maximum Gasteiger partial charge on any atom is 0.267 e. The minimum absolute atomic E-state index is 0.285. The van der Waals surface area contributed by atoms with Gasteiger partial charge in [-0.05, 0) is 19.1 Å². The van der Waals surface area contributed by atoms with Crippen molar-refractivity contribution in [3.63, 3.8) is 0 Å². The maximum absolute atomic E-state index is 11.1. The Labute approximate surface area is 86.3 Å². The molecule has 2 heterocycles. The molecule has 0 saturated carbocycles. The summed E-state index contributed by atoms with van der Waals surface area (Å²) in [5.41, 5.74) is 7.68. The van der Waals surface area contributed by atoms with E-state index in [-0.39, 0.29) is 5.69 Å². The van der Waals surface area contributed by atoms with Crippen molar-refractivity contribution in [1.29, 1.82) is 0 Å². The van der Waals surface area contributed by atoms with Crippen LogP contribution in [0.4, 0.5) is 0 Å². The lowest BCUT2D eigenvalue weighted by Crippen LogP contribution is -2.12. The Morgan fingerprint density at radius 3 is 2.93 bits per heavy atom. The third-order valence-electron chi connectivity index (χ3n) is 2.05. The summed E-state index contributed by atoms with van der Waals surface area (Å²) in [6, 6.07) is 5.56. The number of nitrogens with one attached hydrogen (secondary N) is 1. The predicted octanol–water partition coefficient (Wildman–Crippen LogP) is 0.879. The summed E-state index contributed by atoms with van der Waals surface area (Å²) in [5.74, 6) is -0.536. The average Bonchev–Trinajstić information content (AvgIpc) is 2.65. The minimum Gasteiger partial charge on any atom is -0.364 e. The van der Waals surface area contributed by atoms with Gasteiger partial charge in [-0.25, -0.2) is 0 Å². The second-order valence-electron chi connectivity index (χ2n) is 3.19. The molecular weight excluding hydrogens is 192 g/mol. The lowest BCUT2D eigenvalue weighted by atomic mass is 10.1. The largest absolute Gasteiger partial charge is 0.364 e. The maximum atomic E-state index is 11.1. The SMILES string of the molecule is Cc1cccc(-c2cn[nH]c2C(N)=O)n1. The molecule has 2 rings (SSSR count). The van der Waals surface area contributed by atoms with Gasteiger partial charge in [-0.2, -0.15) is 5.10 Å². The number of nitrogens with two attached hydrogens (primary N) is 1. The van der Waals surface area contributed by atoms with E-state index < -0.39 is 5.91 Å². The molecule has 3 N–H and O–H groups in total. The van der Waals surface area contributed by atoms with Crippen LogP contribution in [0.5, 0.6) is 0 Å². The van der Waals surface area contributed by atoms with Crippen LogP contribution in [0.2, 0.25) is 0 Å². The summed E-state index contributed by atoms with van der Waals surface area (Å²) in [4.78, 5) is 15.4. The molecule has 0 spiro atoms. The van der Waals surface area contributed by atoms with Gasteiger partial charge in [0, 0.05) is 5.69 Å². The number of hydrogen-bond donors (Lipinski definition) is 2. The molecule has 0 fully saturated rings. The Balaban J connectivity index is 2.54. The molecule has 0 aromatic carbocycles. The first-order valence-corrected chi connectivity index (χ1v) is 4.45. The van der Waals surface area contributed by atoms with E-state index in [1.54, 1.807) is 6.20 Å². The van der Waals surface area contributed by atoms with E-state index in [9.17, 15) is 4.79 Å². The van der Waals surface area contributed by atoms with Gasteiger partial charge in [0.05, 0.1) is 17.5 Å². The molecule has 2 aromatic rings. The average molecular weight is 202 g/mol. The monoisotopic (exact) mass is 202 g/mol. The van der Waals surface area contributed by atoms with Crippen LogP contribution in [-0.2, 0) is 0 Å². The van der Waals surface area contributed by atoms with Gasteiger partial charge < -0.3 is 5.73 Å². The zero-order valence-corrected chi connectivity index (χ0v) is 8.19. The zero-order chi connectivity index (χ0) is 10.8. The molecule has 5 nitrogen and oxygen atoms in total. The number of aromatic amines is 1. The number of hydrogen-bond acceptors (Lipinski definition) is 3. The number of carbonyl (C=O) groups is 1. The Kier molecular flexibility index (Phi) is 2.21. The van der Waals surface area contributed by atoms with Crippen LogP contribution in [0.3, 0.4) is 0 Å². The van der Waals surface area contributed by atoms with Gasteiger partial charge in [0.2, 0.25) is 0 Å². The van der Waals surface area contributed by atoms with Crippen molar-refractivity contribution in [3.8, 4) is 11.3 Å². The van der Waals surface area contributed by atoms with Crippen LogP contribution in [-0.4, -0.2) is 21.1 Å². The number of aromatic nitrogens is 3. The molecule has 0 unspecified atom stereocenters. The molecule has 2 aromatic heterocycles. The van der Waals surface area contributed by atoms with Crippen molar-refractivity contribution in [2.24, 2.45) is 5.73 Å².